The lowest BCUT2D eigenvalue weighted by atomic mass is 10.1. The van der Waals surface area contributed by atoms with Gasteiger partial charge in [0.1, 0.15) is 11.5 Å². The van der Waals surface area contributed by atoms with Gasteiger partial charge in [-0.15, -0.1) is 0 Å². The number of nitrogens with one attached hydrogen (secondary N) is 1. The SMILES string of the molecule is O=C(NCCCN1CCCCC1)c1ccc(-c2c(-c3ccc(F)cc3)ncn2C2CCCC2)o1. The normalized spacial score (nSPS) is 17.3. The average Bonchev–Trinajstić information content (AvgIpc) is 3.63. The molecule has 0 bridgehead atoms. The summed E-state index contributed by atoms with van der Waals surface area (Å²) in [4.78, 5) is 19.9. The molecule has 2 aliphatic rings. The van der Waals surface area contributed by atoms with E-state index in [0.29, 0.717) is 24.1 Å². The summed E-state index contributed by atoms with van der Waals surface area (Å²) in [6, 6.07) is 10.3. The Bertz CT molecular complexity index is 1090. The summed E-state index contributed by atoms with van der Waals surface area (Å²) in [6.45, 7) is 3.98. The number of aromatic nitrogens is 2. The third-order valence-electron chi connectivity index (χ3n) is 7.08. The number of carbonyl (C=O) groups is 1. The van der Waals surface area contributed by atoms with E-state index in [4.69, 9.17) is 4.42 Å². The largest absolute Gasteiger partial charge is 0.449 e. The number of rotatable bonds is 8. The molecule has 0 spiro atoms. The van der Waals surface area contributed by atoms with Gasteiger partial charge in [-0.25, -0.2) is 9.37 Å². The number of hydrogen-bond donors (Lipinski definition) is 1. The number of piperidine rings is 1. The maximum atomic E-state index is 13.5. The zero-order valence-corrected chi connectivity index (χ0v) is 19.6. The van der Waals surface area contributed by atoms with E-state index in [1.165, 1.54) is 57.3 Å². The van der Waals surface area contributed by atoms with Gasteiger partial charge in [0.2, 0.25) is 0 Å². The van der Waals surface area contributed by atoms with Crippen molar-refractivity contribution in [3.05, 3.63) is 54.3 Å². The molecule has 1 N–H and O–H groups in total. The number of carbonyl (C=O) groups excluding carboxylic acids is 1. The molecule has 2 fully saturated rings. The Morgan fingerprint density at radius 3 is 2.56 bits per heavy atom. The fourth-order valence-electron chi connectivity index (χ4n) is 5.25. The first kappa shape index (κ1) is 22.8. The van der Waals surface area contributed by atoms with E-state index in [-0.39, 0.29) is 11.7 Å². The van der Waals surface area contributed by atoms with Crippen LogP contribution in [0, 0.1) is 5.82 Å². The van der Waals surface area contributed by atoms with Crippen molar-refractivity contribution in [1.29, 1.82) is 0 Å². The Morgan fingerprint density at radius 1 is 1.03 bits per heavy atom. The topological polar surface area (TPSA) is 63.3 Å². The molecule has 1 aliphatic heterocycles. The van der Waals surface area contributed by atoms with Crippen molar-refractivity contribution < 1.29 is 13.6 Å². The number of likely N-dealkylation sites (tertiary alicyclic amines) is 1. The van der Waals surface area contributed by atoms with E-state index in [1.54, 1.807) is 18.2 Å². The standard InChI is InChI=1S/C27H33FN4O2/c28-21-11-9-20(10-12-21)25-26(32(19-30-25)22-7-2-3-8-22)23-13-14-24(34-23)27(33)29-15-6-18-31-16-4-1-5-17-31/h9-14,19,22H,1-8,15-18H2,(H,29,33). The molecule has 1 aliphatic carbocycles. The highest BCUT2D eigenvalue weighted by Crippen LogP contribution is 2.39. The number of halogens is 1. The number of imidazole rings is 1. The number of hydrogen-bond acceptors (Lipinski definition) is 4. The molecule has 1 saturated carbocycles. The third kappa shape index (κ3) is 5.09. The van der Waals surface area contributed by atoms with Crippen LogP contribution in [0.4, 0.5) is 4.39 Å². The monoisotopic (exact) mass is 464 g/mol. The Hall–Kier alpha value is -2.93. The second kappa shape index (κ2) is 10.6. The van der Waals surface area contributed by atoms with Crippen molar-refractivity contribution in [2.75, 3.05) is 26.2 Å². The lowest BCUT2D eigenvalue weighted by Gasteiger charge is -2.26. The Kier molecular flexibility index (Phi) is 7.09. The summed E-state index contributed by atoms with van der Waals surface area (Å²) in [5.74, 6) is 0.442. The predicted molar refractivity (Wildman–Crippen MR) is 130 cm³/mol. The first-order valence-corrected chi connectivity index (χ1v) is 12.6. The molecule has 1 amide bonds. The van der Waals surface area contributed by atoms with Gasteiger partial charge in [-0.05, 0) is 88.1 Å². The van der Waals surface area contributed by atoms with Crippen LogP contribution in [0.25, 0.3) is 22.7 Å². The van der Waals surface area contributed by atoms with Crippen molar-refractivity contribution in [2.24, 2.45) is 0 Å². The molecule has 3 aromatic rings. The van der Waals surface area contributed by atoms with Gasteiger partial charge >= 0.3 is 0 Å². The van der Waals surface area contributed by atoms with Crippen LogP contribution in [0.5, 0.6) is 0 Å². The summed E-state index contributed by atoms with van der Waals surface area (Å²) in [7, 11) is 0. The van der Waals surface area contributed by atoms with Crippen LogP contribution in [0.2, 0.25) is 0 Å². The molecule has 34 heavy (non-hydrogen) atoms. The smallest absolute Gasteiger partial charge is 0.287 e. The second-order valence-corrected chi connectivity index (χ2v) is 9.47. The summed E-state index contributed by atoms with van der Waals surface area (Å²) in [6.07, 6.45) is 11.2. The number of amides is 1. The van der Waals surface area contributed by atoms with Crippen molar-refractivity contribution in [1.82, 2.24) is 19.8 Å². The van der Waals surface area contributed by atoms with Gasteiger partial charge in [0, 0.05) is 18.2 Å². The molecule has 1 aromatic carbocycles. The van der Waals surface area contributed by atoms with E-state index in [9.17, 15) is 9.18 Å². The van der Waals surface area contributed by atoms with Crippen molar-refractivity contribution in [2.45, 2.75) is 57.4 Å². The summed E-state index contributed by atoms with van der Waals surface area (Å²) in [5.41, 5.74) is 2.42. The van der Waals surface area contributed by atoms with E-state index < -0.39 is 0 Å². The summed E-state index contributed by atoms with van der Waals surface area (Å²) < 4.78 is 21.7. The number of furan rings is 1. The minimum absolute atomic E-state index is 0.194. The van der Waals surface area contributed by atoms with Crippen molar-refractivity contribution >= 4 is 5.91 Å². The van der Waals surface area contributed by atoms with Crippen LogP contribution in [-0.4, -0.2) is 46.5 Å². The lowest BCUT2D eigenvalue weighted by molar-refractivity contribution is 0.0924. The van der Waals surface area contributed by atoms with Crippen molar-refractivity contribution in [3.8, 4) is 22.7 Å². The lowest BCUT2D eigenvalue weighted by Crippen LogP contribution is -2.33. The molecular weight excluding hydrogens is 431 g/mol. The van der Waals surface area contributed by atoms with Crippen LogP contribution in [0.15, 0.2) is 47.1 Å². The Morgan fingerprint density at radius 2 is 1.79 bits per heavy atom. The van der Waals surface area contributed by atoms with E-state index in [1.807, 2.05) is 12.4 Å². The Labute approximate surface area is 200 Å². The highest BCUT2D eigenvalue weighted by molar-refractivity contribution is 5.92. The van der Waals surface area contributed by atoms with Gasteiger partial charge in [0.25, 0.3) is 5.91 Å². The van der Waals surface area contributed by atoms with Gasteiger partial charge in [-0.2, -0.15) is 0 Å². The van der Waals surface area contributed by atoms with E-state index in [2.05, 4.69) is 19.8 Å². The zero-order chi connectivity index (χ0) is 23.3. The molecule has 0 radical (unpaired) electrons. The molecule has 6 nitrogen and oxygen atoms in total. The Balaban J connectivity index is 1.31. The van der Waals surface area contributed by atoms with Crippen LogP contribution in [0.1, 0.15) is 68.0 Å². The van der Waals surface area contributed by atoms with Crippen LogP contribution in [0.3, 0.4) is 0 Å². The first-order chi connectivity index (χ1) is 16.7. The van der Waals surface area contributed by atoms with Gasteiger partial charge in [-0.1, -0.05) is 19.3 Å². The summed E-state index contributed by atoms with van der Waals surface area (Å²) in [5, 5.41) is 3.00. The van der Waals surface area contributed by atoms with Gasteiger partial charge < -0.3 is 19.2 Å². The fraction of sp³-hybridized carbons (Fsp3) is 0.481. The number of nitrogens with zero attached hydrogens (tertiary/aromatic N) is 3. The van der Waals surface area contributed by atoms with E-state index in [0.717, 1.165) is 42.8 Å². The summed E-state index contributed by atoms with van der Waals surface area (Å²) >= 11 is 0. The highest BCUT2D eigenvalue weighted by atomic mass is 19.1. The van der Waals surface area contributed by atoms with Crippen LogP contribution >= 0.6 is 0 Å². The molecule has 7 heteroatoms. The highest BCUT2D eigenvalue weighted by Gasteiger charge is 2.26. The molecule has 0 atom stereocenters. The fourth-order valence-corrected chi connectivity index (χ4v) is 5.25. The maximum absolute atomic E-state index is 13.5. The second-order valence-electron chi connectivity index (χ2n) is 9.47. The molecule has 2 aromatic heterocycles. The number of benzene rings is 1. The van der Waals surface area contributed by atoms with Crippen LogP contribution < -0.4 is 5.32 Å². The molecule has 5 rings (SSSR count). The minimum Gasteiger partial charge on any atom is -0.449 e. The molecule has 3 heterocycles. The van der Waals surface area contributed by atoms with Crippen LogP contribution in [-0.2, 0) is 0 Å². The first-order valence-electron chi connectivity index (χ1n) is 12.6. The minimum atomic E-state index is -0.280. The van der Waals surface area contributed by atoms with E-state index >= 15 is 0 Å². The third-order valence-corrected chi connectivity index (χ3v) is 7.08. The average molecular weight is 465 g/mol. The zero-order valence-electron chi connectivity index (χ0n) is 19.6. The molecule has 180 valence electrons. The van der Waals surface area contributed by atoms with Gasteiger partial charge in [0.15, 0.2) is 11.5 Å². The predicted octanol–water partition coefficient (Wildman–Crippen LogP) is 5.67. The maximum Gasteiger partial charge on any atom is 0.287 e. The molecular formula is C27H33FN4O2. The molecule has 1 saturated heterocycles. The quantitative estimate of drug-likeness (QED) is 0.436. The van der Waals surface area contributed by atoms with Gasteiger partial charge in [0.05, 0.1) is 12.0 Å². The van der Waals surface area contributed by atoms with Gasteiger partial charge in [-0.3, -0.25) is 4.79 Å². The van der Waals surface area contributed by atoms with Crippen molar-refractivity contribution in [3.63, 3.8) is 0 Å². The molecule has 0 unspecified atom stereocenters.